The molecule has 1 amide bonds. The quantitative estimate of drug-likeness (QED) is 0.169. The van der Waals surface area contributed by atoms with Gasteiger partial charge in [-0.2, -0.15) is 0 Å². The third-order valence-electron chi connectivity index (χ3n) is 7.68. The van der Waals surface area contributed by atoms with Gasteiger partial charge < -0.3 is 10.0 Å². The first-order valence-electron chi connectivity index (χ1n) is 14.9. The summed E-state index contributed by atoms with van der Waals surface area (Å²) in [5, 5.41) is 11.6. The van der Waals surface area contributed by atoms with Gasteiger partial charge in [-0.25, -0.2) is 18.4 Å². The van der Waals surface area contributed by atoms with Crippen LogP contribution in [-0.2, 0) is 20.6 Å². The van der Waals surface area contributed by atoms with E-state index in [-0.39, 0.29) is 12.2 Å². The van der Waals surface area contributed by atoms with Crippen LogP contribution in [0.4, 0.5) is 5.82 Å². The normalized spacial score (nSPS) is 14.7. The minimum absolute atomic E-state index is 0.158. The Morgan fingerprint density at radius 1 is 0.909 bits per heavy atom. The van der Waals surface area contributed by atoms with Gasteiger partial charge in [-0.1, -0.05) is 96.7 Å². The summed E-state index contributed by atoms with van der Waals surface area (Å²) in [6, 6.07) is 24.5. The molecule has 1 aliphatic rings. The second kappa shape index (κ2) is 14.3. The van der Waals surface area contributed by atoms with Crippen molar-refractivity contribution in [3.63, 3.8) is 0 Å². The first-order chi connectivity index (χ1) is 21.2. The molecule has 1 unspecified atom stereocenters. The van der Waals surface area contributed by atoms with Gasteiger partial charge in [0.25, 0.3) is 0 Å². The maximum absolute atomic E-state index is 12.3. The fraction of sp³-hybridized carbons (Fsp3) is 0.324. The summed E-state index contributed by atoms with van der Waals surface area (Å²) in [6.45, 7) is 3.44. The van der Waals surface area contributed by atoms with Crippen molar-refractivity contribution in [3.8, 4) is 22.5 Å². The van der Waals surface area contributed by atoms with E-state index in [4.69, 9.17) is 21.6 Å². The molecule has 8 nitrogen and oxygen atoms in total. The minimum Gasteiger partial charge on any atom is -0.387 e. The lowest BCUT2D eigenvalue weighted by atomic mass is 10.0. The molecule has 2 N–H and O–H groups in total. The molecule has 44 heavy (non-hydrogen) atoms. The van der Waals surface area contributed by atoms with Crippen molar-refractivity contribution in [1.82, 2.24) is 14.7 Å². The molecule has 3 aromatic carbocycles. The number of aryl methyl sites for hydroxylation is 1. The summed E-state index contributed by atoms with van der Waals surface area (Å²) in [4.78, 5) is 24.5. The van der Waals surface area contributed by atoms with E-state index in [1.54, 1.807) is 24.3 Å². The first kappa shape index (κ1) is 31.6. The molecule has 2 heterocycles. The van der Waals surface area contributed by atoms with Crippen LogP contribution in [0.1, 0.15) is 61.4 Å². The van der Waals surface area contributed by atoms with E-state index in [1.165, 1.54) is 0 Å². The van der Waals surface area contributed by atoms with Gasteiger partial charge in [0, 0.05) is 35.7 Å². The molecule has 1 aromatic heterocycles. The monoisotopic (exact) mass is 632 g/mol. The fourth-order valence-corrected chi connectivity index (χ4v) is 6.63. The molecule has 10 heteroatoms. The summed E-state index contributed by atoms with van der Waals surface area (Å²) in [5.41, 5.74) is 5.63. The second-order valence-electron chi connectivity index (χ2n) is 11.2. The molecule has 0 radical (unpaired) electrons. The van der Waals surface area contributed by atoms with Gasteiger partial charge in [-0.15, -0.1) is 0 Å². The Hall–Kier alpha value is -3.79. The van der Waals surface area contributed by atoms with Gasteiger partial charge in [0.05, 0.1) is 17.1 Å². The van der Waals surface area contributed by atoms with Crippen molar-refractivity contribution < 1.29 is 18.3 Å². The maximum Gasteiger partial charge on any atom is 0.239 e. The second-order valence-corrected chi connectivity index (χ2v) is 13.4. The van der Waals surface area contributed by atoms with Crippen LogP contribution in [0.3, 0.4) is 0 Å². The Bertz CT molecular complexity index is 1680. The minimum atomic E-state index is -3.72. The molecule has 0 saturated carbocycles. The number of unbranched alkanes of at least 4 members (excludes halogenated alkanes) is 3. The number of sulfonamides is 1. The standard InChI is InChI=1S/C34H37ClN4O4S/c1-24-12-14-26(15-13-24)32-31(27-16-18-28(35)19-17-27)36-33-29(40)20-22-39(34(33)37-32)21-8-3-2-7-11-30(41)38-44(42,43)23-25-9-5-4-6-10-25/h4-6,9-10,12-19,29,40H,2-3,7-8,11,20-23H2,1H3,(H,38,41). The molecule has 1 atom stereocenters. The molecule has 5 rings (SSSR count). The van der Waals surface area contributed by atoms with Crippen molar-refractivity contribution in [2.24, 2.45) is 0 Å². The number of halogens is 1. The largest absolute Gasteiger partial charge is 0.387 e. The van der Waals surface area contributed by atoms with Crippen molar-refractivity contribution in [3.05, 3.63) is 101 Å². The molecule has 230 valence electrons. The Labute approximate surface area is 264 Å². The molecular weight excluding hydrogens is 596 g/mol. The van der Waals surface area contributed by atoms with Crippen molar-refractivity contribution in [2.75, 3.05) is 18.0 Å². The van der Waals surface area contributed by atoms with Crippen LogP contribution in [0.25, 0.3) is 22.5 Å². The average Bonchev–Trinajstić information content (AvgIpc) is 3.00. The van der Waals surface area contributed by atoms with Crippen LogP contribution in [-0.4, -0.2) is 42.5 Å². The number of rotatable bonds is 12. The number of fused-ring (bicyclic) bond motifs is 1. The molecule has 4 aromatic rings. The van der Waals surface area contributed by atoms with Crippen LogP contribution in [0.2, 0.25) is 5.02 Å². The SMILES string of the molecule is Cc1ccc(-c2nc3c(nc2-c2ccc(Cl)cc2)C(O)CCN3CCCCCCC(=O)NS(=O)(=O)Cc2ccccc2)cc1. The lowest BCUT2D eigenvalue weighted by Gasteiger charge is -2.33. The number of aromatic nitrogens is 2. The molecule has 0 bridgehead atoms. The van der Waals surface area contributed by atoms with E-state index in [9.17, 15) is 18.3 Å². The number of aliphatic hydroxyl groups excluding tert-OH is 1. The summed E-state index contributed by atoms with van der Waals surface area (Å²) >= 11 is 6.15. The number of nitrogens with zero attached hydrogens (tertiary/aromatic N) is 3. The average molecular weight is 633 g/mol. The highest BCUT2D eigenvalue weighted by molar-refractivity contribution is 7.89. The number of amides is 1. The summed E-state index contributed by atoms with van der Waals surface area (Å²) in [6.07, 6.45) is 3.15. The third kappa shape index (κ3) is 8.22. The van der Waals surface area contributed by atoms with E-state index in [1.807, 2.05) is 61.5 Å². The van der Waals surface area contributed by atoms with Crippen molar-refractivity contribution in [2.45, 2.75) is 57.3 Å². The molecule has 0 fully saturated rings. The Kier molecular flexibility index (Phi) is 10.3. The first-order valence-corrected chi connectivity index (χ1v) is 17.0. The Balaban J connectivity index is 1.21. The van der Waals surface area contributed by atoms with Crippen molar-refractivity contribution in [1.29, 1.82) is 0 Å². The number of benzene rings is 3. The summed E-state index contributed by atoms with van der Waals surface area (Å²) in [5.74, 6) is -0.00305. The maximum atomic E-state index is 12.3. The number of hydrogen-bond acceptors (Lipinski definition) is 7. The molecular formula is C34H37ClN4O4S. The van der Waals surface area contributed by atoms with Crippen LogP contribution in [0.15, 0.2) is 78.9 Å². The van der Waals surface area contributed by atoms with Gasteiger partial charge in [0.15, 0.2) is 5.82 Å². The number of aliphatic hydroxyl groups is 1. The van der Waals surface area contributed by atoms with Crippen LogP contribution < -0.4 is 9.62 Å². The van der Waals surface area contributed by atoms with E-state index in [0.717, 1.165) is 48.2 Å². The van der Waals surface area contributed by atoms with Crippen molar-refractivity contribution >= 4 is 33.3 Å². The van der Waals surface area contributed by atoms with E-state index in [0.29, 0.717) is 47.2 Å². The van der Waals surface area contributed by atoms with Gasteiger partial charge in [0.1, 0.15) is 11.8 Å². The molecule has 0 spiro atoms. The third-order valence-corrected chi connectivity index (χ3v) is 9.19. The van der Waals surface area contributed by atoms with Crippen LogP contribution in [0, 0.1) is 6.92 Å². The van der Waals surface area contributed by atoms with Gasteiger partial charge in [-0.3, -0.25) is 9.52 Å². The zero-order chi connectivity index (χ0) is 31.1. The predicted octanol–water partition coefficient (Wildman–Crippen LogP) is 6.61. The summed E-state index contributed by atoms with van der Waals surface area (Å²) < 4.78 is 26.8. The zero-order valence-corrected chi connectivity index (χ0v) is 26.3. The number of carbonyl (C=O) groups is 1. The highest BCUT2D eigenvalue weighted by atomic mass is 35.5. The predicted molar refractivity (Wildman–Crippen MR) is 175 cm³/mol. The fourth-order valence-electron chi connectivity index (χ4n) is 5.35. The lowest BCUT2D eigenvalue weighted by Crippen LogP contribution is -2.34. The zero-order valence-electron chi connectivity index (χ0n) is 24.7. The highest BCUT2D eigenvalue weighted by Crippen LogP contribution is 2.38. The Morgan fingerprint density at radius 3 is 2.25 bits per heavy atom. The summed E-state index contributed by atoms with van der Waals surface area (Å²) in [7, 11) is -3.72. The van der Waals surface area contributed by atoms with E-state index >= 15 is 0 Å². The molecule has 1 aliphatic heterocycles. The van der Waals surface area contributed by atoms with E-state index < -0.39 is 22.0 Å². The van der Waals surface area contributed by atoms with Crippen LogP contribution in [0.5, 0.6) is 0 Å². The number of anilines is 1. The van der Waals surface area contributed by atoms with Gasteiger partial charge >= 0.3 is 0 Å². The number of hydrogen-bond donors (Lipinski definition) is 2. The number of nitrogens with one attached hydrogen (secondary N) is 1. The highest BCUT2D eigenvalue weighted by Gasteiger charge is 2.29. The smallest absolute Gasteiger partial charge is 0.239 e. The van der Waals surface area contributed by atoms with E-state index in [2.05, 4.69) is 9.62 Å². The number of carbonyl (C=O) groups excluding carboxylic acids is 1. The Morgan fingerprint density at radius 2 is 1.55 bits per heavy atom. The topological polar surface area (TPSA) is 112 Å². The van der Waals surface area contributed by atoms with Gasteiger partial charge in [0.2, 0.25) is 15.9 Å². The molecule has 0 aliphatic carbocycles. The lowest BCUT2D eigenvalue weighted by molar-refractivity contribution is -0.119. The van der Waals surface area contributed by atoms with Gasteiger partial charge in [-0.05, 0) is 43.9 Å². The molecule has 0 saturated heterocycles. The van der Waals surface area contributed by atoms with Crippen LogP contribution >= 0.6 is 11.6 Å².